The number of piperidine rings is 1. The smallest absolute Gasteiger partial charge is 0.260 e. The van der Waals surface area contributed by atoms with Crippen LogP contribution >= 0.6 is 11.6 Å². The Bertz CT molecular complexity index is 1470. The van der Waals surface area contributed by atoms with Crippen LogP contribution in [0.4, 0.5) is 11.5 Å². The Morgan fingerprint density at radius 3 is 2.65 bits per heavy atom. The van der Waals surface area contributed by atoms with E-state index in [1.54, 1.807) is 18.3 Å². The zero-order chi connectivity index (χ0) is 25.9. The van der Waals surface area contributed by atoms with E-state index in [1.165, 1.54) is 12.8 Å². The average molecular weight is 518 g/mol. The maximum Gasteiger partial charge on any atom is 0.260 e. The molecular formula is C29H32ClN5O2. The standard InChI is InChI=1S/C29H32ClN5O2/c1-17-12-18(2)14-20(13-17)27-28(37-11-8-21-6-4-5-9-32-21)22-15-25(23(30)16-24(22)35-29(27)36)34-26-7-10-31-19(3)33-26/h7,10,12-16,21,32H,4-6,8-9,11H2,1-3H3,(H,35,36)(H,31,33,34)/t21-/m0/s1. The van der Waals surface area contributed by atoms with Crippen LogP contribution in [0, 0.1) is 20.8 Å². The fourth-order valence-electron chi connectivity index (χ4n) is 5.05. The van der Waals surface area contributed by atoms with E-state index in [9.17, 15) is 4.79 Å². The molecule has 0 unspecified atom stereocenters. The Kier molecular flexibility index (Phi) is 7.44. The number of hydrogen-bond acceptors (Lipinski definition) is 6. The molecule has 3 N–H and O–H groups in total. The Hall–Kier alpha value is -3.42. The summed E-state index contributed by atoms with van der Waals surface area (Å²) in [5, 5.41) is 8.12. The summed E-state index contributed by atoms with van der Waals surface area (Å²) >= 11 is 6.62. The molecule has 0 bridgehead atoms. The summed E-state index contributed by atoms with van der Waals surface area (Å²) < 4.78 is 6.48. The van der Waals surface area contributed by atoms with Crippen molar-refractivity contribution < 1.29 is 4.74 Å². The van der Waals surface area contributed by atoms with Crippen LogP contribution < -0.4 is 20.9 Å². The number of pyridine rings is 1. The predicted molar refractivity (Wildman–Crippen MR) is 150 cm³/mol. The Morgan fingerprint density at radius 2 is 1.92 bits per heavy atom. The minimum Gasteiger partial charge on any atom is -0.492 e. The zero-order valence-electron chi connectivity index (χ0n) is 21.5. The monoisotopic (exact) mass is 517 g/mol. The summed E-state index contributed by atoms with van der Waals surface area (Å²) in [4.78, 5) is 25.1. The summed E-state index contributed by atoms with van der Waals surface area (Å²) in [5.74, 6) is 1.86. The van der Waals surface area contributed by atoms with E-state index in [0.717, 1.165) is 41.5 Å². The molecule has 1 aliphatic rings. The van der Waals surface area contributed by atoms with Crippen molar-refractivity contribution in [3.05, 3.63) is 74.9 Å². The van der Waals surface area contributed by atoms with Crippen LogP contribution in [-0.4, -0.2) is 34.1 Å². The molecule has 2 aromatic carbocycles. The number of nitrogens with zero attached hydrogens (tertiary/aromatic N) is 2. The number of aromatic amines is 1. The van der Waals surface area contributed by atoms with Crippen molar-refractivity contribution in [3.8, 4) is 16.9 Å². The summed E-state index contributed by atoms with van der Waals surface area (Å²) in [5.41, 5.74) is 4.63. The van der Waals surface area contributed by atoms with Crippen LogP contribution in [0.15, 0.2) is 47.4 Å². The van der Waals surface area contributed by atoms with Gasteiger partial charge in [0.1, 0.15) is 17.4 Å². The first-order valence-electron chi connectivity index (χ1n) is 12.8. The first kappa shape index (κ1) is 25.2. The second-order valence-electron chi connectivity index (χ2n) is 9.81. The topological polar surface area (TPSA) is 91.9 Å². The molecule has 1 saturated heterocycles. The van der Waals surface area contributed by atoms with Gasteiger partial charge in [-0.1, -0.05) is 47.3 Å². The maximum absolute atomic E-state index is 13.4. The first-order chi connectivity index (χ1) is 17.9. The largest absolute Gasteiger partial charge is 0.492 e. The molecular weight excluding hydrogens is 486 g/mol. The van der Waals surface area contributed by atoms with Crippen LogP contribution in [0.1, 0.15) is 42.6 Å². The highest BCUT2D eigenvalue weighted by Gasteiger charge is 2.20. The number of fused-ring (bicyclic) bond motifs is 1. The third-order valence-corrected chi connectivity index (χ3v) is 7.04. The lowest BCUT2D eigenvalue weighted by Crippen LogP contribution is -2.35. The van der Waals surface area contributed by atoms with Gasteiger partial charge in [0.25, 0.3) is 5.56 Å². The van der Waals surface area contributed by atoms with Crippen molar-refractivity contribution in [2.24, 2.45) is 0 Å². The maximum atomic E-state index is 13.4. The summed E-state index contributed by atoms with van der Waals surface area (Å²) in [7, 11) is 0. The molecule has 0 saturated carbocycles. The highest BCUT2D eigenvalue weighted by atomic mass is 35.5. The lowest BCUT2D eigenvalue weighted by molar-refractivity contribution is 0.271. The van der Waals surface area contributed by atoms with Crippen molar-refractivity contribution in [1.82, 2.24) is 20.3 Å². The molecule has 0 aliphatic carbocycles. The van der Waals surface area contributed by atoms with Crippen molar-refractivity contribution in [3.63, 3.8) is 0 Å². The number of aromatic nitrogens is 3. The Labute approximate surface area is 221 Å². The predicted octanol–water partition coefficient (Wildman–Crippen LogP) is 6.22. The van der Waals surface area contributed by atoms with Gasteiger partial charge in [-0.2, -0.15) is 0 Å². The molecule has 7 nitrogen and oxygen atoms in total. The third kappa shape index (κ3) is 5.78. The molecule has 2 aromatic heterocycles. The van der Waals surface area contributed by atoms with E-state index in [0.29, 0.717) is 51.8 Å². The normalized spacial score (nSPS) is 15.6. The van der Waals surface area contributed by atoms with Gasteiger partial charge in [0.15, 0.2) is 0 Å². The summed E-state index contributed by atoms with van der Waals surface area (Å²) in [6, 6.07) is 12.0. The minimum absolute atomic E-state index is 0.202. The number of aryl methyl sites for hydroxylation is 3. The van der Waals surface area contributed by atoms with Gasteiger partial charge in [0.2, 0.25) is 0 Å². The van der Waals surface area contributed by atoms with Crippen LogP contribution in [0.3, 0.4) is 0 Å². The number of halogens is 1. The van der Waals surface area contributed by atoms with Crippen molar-refractivity contribution >= 4 is 34.0 Å². The number of ether oxygens (including phenoxy) is 1. The number of H-pyrrole nitrogens is 1. The summed E-state index contributed by atoms with van der Waals surface area (Å²) in [6.45, 7) is 7.45. The highest BCUT2D eigenvalue weighted by Crippen LogP contribution is 2.38. The molecule has 0 radical (unpaired) electrons. The van der Waals surface area contributed by atoms with Crippen molar-refractivity contribution in [1.29, 1.82) is 0 Å². The summed E-state index contributed by atoms with van der Waals surface area (Å²) in [6.07, 6.45) is 6.17. The van der Waals surface area contributed by atoms with E-state index >= 15 is 0 Å². The van der Waals surface area contributed by atoms with E-state index in [1.807, 2.05) is 39.0 Å². The van der Waals surface area contributed by atoms with Gasteiger partial charge in [-0.3, -0.25) is 4.79 Å². The fourth-order valence-corrected chi connectivity index (χ4v) is 5.26. The van der Waals surface area contributed by atoms with Gasteiger partial charge < -0.3 is 20.4 Å². The number of nitrogens with one attached hydrogen (secondary N) is 3. The molecule has 1 aliphatic heterocycles. The first-order valence-corrected chi connectivity index (χ1v) is 13.2. The van der Waals surface area contributed by atoms with Crippen molar-refractivity contribution in [2.45, 2.75) is 52.5 Å². The molecule has 0 spiro atoms. The molecule has 1 atom stereocenters. The lowest BCUT2D eigenvalue weighted by atomic mass is 9.99. The van der Waals surface area contributed by atoms with Crippen LogP contribution in [0.5, 0.6) is 5.75 Å². The van der Waals surface area contributed by atoms with Gasteiger partial charge in [-0.25, -0.2) is 9.97 Å². The van der Waals surface area contributed by atoms with Gasteiger partial charge in [-0.15, -0.1) is 0 Å². The van der Waals surface area contributed by atoms with Crippen LogP contribution in [0.2, 0.25) is 5.02 Å². The molecule has 4 aromatic rings. The lowest BCUT2D eigenvalue weighted by Gasteiger charge is -2.24. The highest BCUT2D eigenvalue weighted by molar-refractivity contribution is 6.34. The zero-order valence-corrected chi connectivity index (χ0v) is 22.2. The van der Waals surface area contributed by atoms with Crippen molar-refractivity contribution in [2.75, 3.05) is 18.5 Å². The van der Waals surface area contributed by atoms with Gasteiger partial charge in [0, 0.05) is 17.6 Å². The molecule has 8 heteroatoms. The van der Waals surface area contributed by atoms with Crippen LogP contribution in [-0.2, 0) is 0 Å². The molecule has 1 fully saturated rings. The van der Waals surface area contributed by atoms with Gasteiger partial charge in [-0.05, 0) is 70.3 Å². The minimum atomic E-state index is -0.202. The molecule has 0 amide bonds. The van der Waals surface area contributed by atoms with Gasteiger partial charge in [0.05, 0.1) is 28.4 Å². The number of anilines is 2. The quantitative estimate of drug-likeness (QED) is 0.269. The van der Waals surface area contributed by atoms with E-state index < -0.39 is 0 Å². The molecule has 5 rings (SSSR count). The van der Waals surface area contributed by atoms with E-state index in [2.05, 4.69) is 31.7 Å². The number of rotatable bonds is 7. The third-order valence-electron chi connectivity index (χ3n) is 6.73. The molecule has 192 valence electrons. The van der Waals surface area contributed by atoms with E-state index in [4.69, 9.17) is 16.3 Å². The second kappa shape index (κ2) is 10.9. The van der Waals surface area contributed by atoms with Gasteiger partial charge >= 0.3 is 0 Å². The Balaban J connectivity index is 1.61. The van der Waals surface area contributed by atoms with E-state index in [-0.39, 0.29) is 5.56 Å². The number of benzene rings is 2. The average Bonchev–Trinajstić information content (AvgIpc) is 2.85. The second-order valence-corrected chi connectivity index (χ2v) is 10.2. The number of hydrogen-bond donors (Lipinski definition) is 3. The molecule has 3 heterocycles. The Morgan fingerprint density at radius 1 is 1.11 bits per heavy atom. The van der Waals surface area contributed by atoms with Crippen LogP contribution in [0.25, 0.3) is 22.0 Å². The fraction of sp³-hybridized carbons (Fsp3) is 0.345. The SMILES string of the molecule is Cc1cc(C)cc(-c2c(OCC[C@@H]3CCCCN3)c3cc(Nc4ccnc(C)n4)c(Cl)cc3[nH]c2=O)c1. The molecule has 37 heavy (non-hydrogen) atoms.